The zero-order valence-corrected chi connectivity index (χ0v) is 15.8. The highest BCUT2D eigenvalue weighted by Crippen LogP contribution is 2.28. The Morgan fingerprint density at radius 1 is 1.28 bits per heavy atom. The monoisotopic (exact) mass is 395 g/mol. The van der Waals surface area contributed by atoms with Gasteiger partial charge in [-0.25, -0.2) is 9.97 Å². The van der Waals surface area contributed by atoms with Gasteiger partial charge in [0.2, 0.25) is 5.91 Å². The topological polar surface area (TPSA) is 79.3 Å². The summed E-state index contributed by atoms with van der Waals surface area (Å²) in [4.78, 5) is 25.1. The number of hydrogen-bond acceptors (Lipinski definition) is 6. The number of hydrogen-bond donors (Lipinski definition) is 2. The van der Waals surface area contributed by atoms with Crippen LogP contribution in [0.1, 0.15) is 11.4 Å². The lowest BCUT2D eigenvalue weighted by molar-refractivity contribution is -0.115. The number of rotatable bonds is 3. The molecule has 25 heavy (non-hydrogen) atoms. The molecule has 0 spiro atoms. The van der Waals surface area contributed by atoms with Crippen LogP contribution in [0.15, 0.2) is 29.3 Å². The third-order valence-corrected chi connectivity index (χ3v) is 5.07. The van der Waals surface area contributed by atoms with Gasteiger partial charge in [-0.15, -0.1) is 0 Å². The normalized spacial score (nSPS) is 16.5. The molecule has 2 N–H and O–H groups in total. The lowest BCUT2D eigenvalue weighted by Crippen LogP contribution is -2.26. The number of para-hydroxylation sites is 1. The van der Waals surface area contributed by atoms with E-state index >= 15 is 0 Å². The third kappa shape index (κ3) is 4.42. The second-order valence-corrected chi connectivity index (χ2v) is 7.41. The quantitative estimate of drug-likeness (QED) is 0.769. The number of aryl methyl sites for hydroxylation is 2. The number of thioether (sulfide) groups is 1. The summed E-state index contributed by atoms with van der Waals surface area (Å²) in [5.74, 6) is 0.965. The molecule has 130 valence electrons. The van der Waals surface area contributed by atoms with Crippen molar-refractivity contribution >= 4 is 57.5 Å². The van der Waals surface area contributed by atoms with E-state index in [9.17, 15) is 4.79 Å². The van der Waals surface area contributed by atoms with Gasteiger partial charge in [0, 0.05) is 6.07 Å². The van der Waals surface area contributed by atoms with Gasteiger partial charge in [-0.3, -0.25) is 9.79 Å². The molecule has 0 saturated heterocycles. The molecule has 1 aliphatic heterocycles. The van der Waals surface area contributed by atoms with Crippen molar-refractivity contribution in [3.05, 3.63) is 45.8 Å². The maximum atomic E-state index is 12.5. The molecule has 1 atom stereocenters. The fourth-order valence-electron chi connectivity index (χ4n) is 2.28. The van der Waals surface area contributed by atoms with Crippen molar-refractivity contribution in [2.45, 2.75) is 19.1 Å². The average Bonchev–Trinajstić information content (AvgIpc) is 2.98. The number of carbonyl (C=O) groups is 1. The van der Waals surface area contributed by atoms with Crippen LogP contribution in [0.25, 0.3) is 0 Å². The van der Waals surface area contributed by atoms with Crippen LogP contribution in [0.3, 0.4) is 0 Å². The molecule has 6 nitrogen and oxygen atoms in total. The molecular weight excluding hydrogens is 381 g/mol. The Morgan fingerprint density at radius 2 is 2.08 bits per heavy atom. The summed E-state index contributed by atoms with van der Waals surface area (Å²) in [6.45, 7) is 4.02. The molecular formula is C16H15Cl2N5OS. The fourth-order valence-corrected chi connectivity index (χ4v) is 3.67. The minimum atomic E-state index is -0.337. The van der Waals surface area contributed by atoms with E-state index in [1.54, 1.807) is 19.1 Å². The van der Waals surface area contributed by atoms with Gasteiger partial charge in [-0.2, -0.15) is 0 Å². The zero-order chi connectivity index (χ0) is 18.0. The smallest absolute Gasteiger partial charge is 0.239 e. The van der Waals surface area contributed by atoms with Crippen LogP contribution in [0.2, 0.25) is 10.2 Å². The van der Waals surface area contributed by atoms with Crippen molar-refractivity contribution in [3.8, 4) is 0 Å². The second kappa shape index (κ2) is 7.59. The Hall–Kier alpha value is -1.83. The van der Waals surface area contributed by atoms with Crippen LogP contribution in [0.5, 0.6) is 0 Å². The molecule has 2 aromatic rings. The first kappa shape index (κ1) is 18.0. The van der Waals surface area contributed by atoms with E-state index in [0.29, 0.717) is 39.2 Å². The maximum absolute atomic E-state index is 12.5. The van der Waals surface area contributed by atoms with Gasteiger partial charge in [0.15, 0.2) is 5.17 Å². The lowest BCUT2D eigenvalue weighted by Gasteiger charge is -2.13. The van der Waals surface area contributed by atoms with Crippen LogP contribution in [-0.2, 0) is 4.79 Å². The highest BCUT2D eigenvalue weighted by molar-refractivity contribution is 8.15. The van der Waals surface area contributed by atoms with Crippen LogP contribution in [-0.4, -0.2) is 32.8 Å². The summed E-state index contributed by atoms with van der Waals surface area (Å²) in [5, 5.41) is 7.09. The van der Waals surface area contributed by atoms with E-state index in [0.717, 1.165) is 5.56 Å². The van der Waals surface area contributed by atoms with Crippen LogP contribution < -0.4 is 10.6 Å². The number of benzene rings is 1. The van der Waals surface area contributed by atoms with Crippen molar-refractivity contribution in [1.29, 1.82) is 0 Å². The van der Waals surface area contributed by atoms with Gasteiger partial charge in [0.25, 0.3) is 0 Å². The number of aromatic nitrogens is 2. The van der Waals surface area contributed by atoms with E-state index in [1.165, 1.54) is 11.8 Å². The number of aliphatic imine (C=N–C) groups is 1. The van der Waals surface area contributed by atoms with E-state index in [2.05, 4.69) is 25.6 Å². The van der Waals surface area contributed by atoms with Crippen LogP contribution in [0.4, 0.5) is 11.5 Å². The molecule has 1 unspecified atom stereocenters. The summed E-state index contributed by atoms with van der Waals surface area (Å²) in [6, 6.07) is 7.10. The number of amidine groups is 1. The van der Waals surface area contributed by atoms with Crippen molar-refractivity contribution in [2.24, 2.45) is 4.99 Å². The van der Waals surface area contributed by atoms with E-state index in [-0.39, 0.29) is 11.2 Å². The molecule has 0 fully saturated rings. The van der Waals surface area contributed by atoms with Gasteiger partial charge in [-0.1, -0.05) is 47.1 Å². The Labute approximate surface area is 159 Å². The minimum absolute atomic E-state index is 0.140. The summed E-state index contributed by atoms with van der Waals surface area (Å²) in [7, 11) is 0. The first-order valence-corrected chi connectivity index (χ1v) is 9.11. The number of nitrogens with one attached hydrogen (secondary N) is 2. The number of nitrogens with zero attached hydrogens (tertiary/aromatic N) is 3. The van der Waals surface area contributed by atoms with Crippen LogP contribution in [0, 0.1) is 13.8 Å². The lowest BCUT2D eigenvalue weighted by atomic mass is 10.2. The van der Waals surface area contributed by atoms with Gasteiger partial charge < -0.3 is 10.6 Å². The molecule has 0 saturated carbocycles. The van der Waals surface area contributed by atoms with Crippen molar-refractivity contribution < 1.29 is 4.79 Å². The first-order valence-electron chi connectivity index (χ1n) is 7.47. The van der Waals surface area contributed by atoms with E-state index in [4.69, 9.17) is 23.2 Å². The highest BCUT2D eigenvalue weighted by Gasteiger charge is 2.27. The maximum Gasteiger partial charge on any atom is 0.239 e. The Balaban J connectivity index is 1.63. The number of carbonyl (C=O) groups excluding carboxylic acids is 1. The van der Waals surface area contributed by atoms with Crippen LogP contribution >= 0.6 is 35.0 Å². The summed E-state index contributed by atoms with van der Waals surface area (Å²) in [5.41, 5.74) is 1.54. The zero-order valence-electron chi connectivity index (χ0n) is 13.5. The Morgan fingerprint density at radius 3 is 2.80 bits per heavy atom. The molecule has 2 heterocycles. The minimum Gasteiger partial charge on any atom is -0.324 e. The highest BCUT2D eigenvalue weighted by atomic mass is 35.5. The molecule has 3 rings (SSSR count). The third-order valence-electron chi connectivity index (χ3n) is 3.46. The largest absolute Gasteiger partial charge is 0.324 e. The van der Waals surface area contributed by atoms with Crippen molar-refractivity contribution in [1.82, 2.24) is 9.97 Å². The number of anilines is 2. The predicted octanol–water partition coefficient (Wildman–Crippen LogP) is 3.92. The molecule has 1 aromatic carbocycles. The summed E-state index contributed by atoms with van der Waals surface area (Å²) in [6.07, 6.45) is 0. The van der Waals surface area contributed by atoms with Gasteiger partial charge in [0.1, 0.15) is 22.0 Å². The van der Waals surface area contributed by atoms with E-state index in [1.807, 2.05) is 19.1 Å². The van der Waals surface area contributed by atoms with Crippen molar-refractivity contribution in [3.63, 3.8) is 0 Å². The molecule has 0 aliphatic carbocycles. The van der Waals surface area contributed by atoms with Gasteiger partial charge in [-0.05, 0) is 25.5 Å². The number of amides is 1. The van der Waals surface area contributed by atoms with Gasteiger partial charge in [0.05, 0.1) is 17.3 Å². The molecule has 0 bridgehead atoms. The molecule has 0 radical (unpaired) electrons. The Kier molecular flexibility index (Phi) is 5.46. The second-order valence-electron chi connectivity index (χ2n) is 5.42. The first-order chi connectivity index (χ1) is 11.9. The standard InChI is InChI=1S/C16H15Cl2N5OS/c1-8-4-3-5-10(17)14(8)23-15(24)11-7-19-16(25-11)22-13-6-12(18)20-9(2)21-13/h3-6,11H,7H2,1-2H3,(H,23,24)(H,19,20,21,22). The van der Waals surface area contributed by atoms with Crippen molar-refractivity contribution in [2.75, 3.05) is 17.2 Å². The summed E-state index contributed by atoms with van der Waals surface area (Å²) < 4.78 is 0. The molecule has 1 aliphatic rings. The fraction of sp³-hybridized carbons (Fsp3) is 0.250. The van der Waals surface area contributed by atoms with E-state index < -0.39 is 0 Å². The van der Waals surface area contributed by atoms with Gasteiger partial charge >= 0.3 is 0 Å². The average molecular weight is 396 g/mol. The Bertz CT molecular complexity index is 818. The molecule has 9 heteroatoms. The molecule has 1 aromatic heterocycles. The number of halogens is 2. The summed E-state index contributed by atoms with van der Waals surface area (Å²) >= 11 is 13.4. The molecule has 1 amide bonds. The predicted molar refractivity (Wildman–Crippen MR) is 104 cm³/mol. The SMILES string of the molecule is Cc1nc(Cl)cc(NC2=NCC(C(=O)Nc3c(C)cccc3Cl)S2)n1.